The highest BCUT2D eigenvalue weighted by atomic mass is 16.5. The predicted octanol–water partition coefficient (Wildman–Crippen LogP) is 2.58. The van der Waals surface area contributed by atoms with Crippen LogP contribution in [0.2, 0.25) is 0 Å². The molecule has 1 amide bonds. The summed E-state index contributed by atoms with van der Waals surface area (Å²) in [6.07, 6.45) is 0.350. The van der Waals surface area contributed by atoms with Gasteiger partial charge in [0.05, 0.1) is 26.5 Å². The van der Waals surface area contributed by atoms with Gasteiger partial charge < -0.3 is 19.5 Å². The van der Waals surface area contributed by atoms with Crippen LogP contribution in [0, 0.1) is 0 Å². The number of aromatic amines is 1. The number of para-hydroxylation sites is 2. The molecular formula is C20H23N5O4. The second-order valence-electron chi connectivity index (χ2n) is 6.13. The lowest BCUT2D eigenvalue weighted by molar-refractivity contribution is -0.117. The highest BCUT2D eigenvalue weighted by Crippen LogP contribution is 2.31. The van der Waals surface area contributed by atoms with Crippen LogP contribution in [-0.4, -0.2) is 47.4 Å². The zero-order chi connectivity index (χ0) is 20.6. The molecule has 0 spiro atoms. The van der Waals surface area contributed by atoms with Gasteiger partial charge in [-0.3, -0.25) is 4.79 Å². The lowest BCUT2D eigenvalue weighted by Gasteiger charge is -2.17. The molecule has 9 heteroatoms. The Morgan fingerprint density at radius 2 is 1.90 bits per heavy atom. The van der Waals surface area contributed by atoms with E-state index in [1.54, 1.807) is 32.4 Å². The molecule has 1 atom stereocenters. The van der Waals surface area contributed by atoms with Gasteiger partial charge in [0.2, 0.25) is 5.91 Å². The number of anilines is 1. The quantitative estimate of drug-likeness (QED) is 0.571. The Balaban J connectivity index is 1.86. The molecular weight excluding hydrogens is 374 g/mol. The summed E-state index contributed by atoms with van der Waals surface area (Å²) in [5.41, 5.74) is 1.45. The zero-order valence-corrected chi connectivity index (χ0v) is 16.5. The summed E-state index contributed by atoms with van der Waals surface area (Å²) >= 11 is 0. The number of hydrogen-bond donors (Lipinski definition) is 2. The summed E-state index contributed by atoms with van der Waals surface area (Å²) in [6.45, 7) is 2.38. The van der Waals surface area contributed by atoms with Gasteiger partial charge in [-0.25, -0.2) is 0 Å². The second kappa shape index (κ2) is 9.54. The lowest BCUT2D eigenvalue weighted by atomic mass is 9.97. The average molecular weight is 397 g/mol. The molecule has 0 saturated heterocycles. The van der Waals surface area contributed by atoms with Crippen molar-refractivity contribution in [2.45, 2.75) is 19.3 Å². The fourth-order valence-corrected chi connectivity index (χ4v) is 2.93. The molecule has 1 heterocycles. The number of carbonyl (C=O) groups excluding carboxylic acids is 1. The minimum Gasteiger partial charge on any atom is -0.493 e. The first kappa shape index (κ1) is 20.1. The van der Waals surface area contributed by atoms with Crippen LogP contribution in [0.3, 0.4) is 0 Å². The van der Waals surface area contributed by atoms with Crippen molar-refractivity contribution in [2.24, 2.45) is 0 Å². The highest BCUT2D eigenvalue weighted by Gasteiger charge is 2.26. The van der Waals surface area contributed by atoms with Crippen molar-refractivity contribution < 1.29 is 19.0 Å². The average Bonchev–Trinajstić information content (AvgIpc) is 3.27. The molecule has 0 fully saturated rings. The maximum absolute atomic E-state index is 13.1. The largest absolute Gasteiger partial charge is 0.493 e. The molecule has 2 aromatic carbocycles. The van der Waals surface area contributed by atoms with Crippen LogP contribution in [0.1, 0.15) is 24.2 Å². The van der Waals surface area contributed by atoms with E-state index in [4.69, 9.17) is 14.2 Å². The number of tetrazole rings is 1. The Morgan fingerprint density at radius 3 is 2.59 bits per heavy atom. The van der Waals surface area contributed by atoms with E-state index in [1.807, 2.05) is 31.2 Å². The van der Waals surface area contributed by atoms with E-state index in [2.05, 4.69) is 25.9 Å². The monoisotopic (exact) mass is 397 g/mol. The third-order valence-corrected chi connectivity index (χ3v) is 4.32. The van der Waals surface area contributed by atoms with Crippen LogP contribution in [-0.2, 0) is 11.2 Å². The highest BCUT2D eigenvalue weighted by molar-refractivity contribution is 5.96. The van der Waals surface area contributed by atoms with E-state index >= 15 is 0 Å². The summed E-state index contributed by atoms with van der Waals surface area (Å²) in [5.74, 6) is 1.16. The molecule has 9 nitrogen and oxygen atoms in total. The number of nitrogens with zero attached hydrogens (tertiary/aromatic N) is 3. The van der Waals surface area contributed by atoms with E-state index < -0.39 is 5.92 Å². The van der Waals surface area contributed by atoms with Crippen LogP contribution >= 0.6 is 0 Å². The molecule has 0 aliphatic rings. The SMILES string of the molecule is CCOc1ccccc1NC(=O)[C@@H](Cc1ccc(OC)c(OC)c1)c1nn[nH]n1. The van der Waals surface area contributed by atoms with Crippen molar-refractivity contribution in [3.8, 4) is 17.2 Å². The summed E-state index contributed by atoms with van der Waals surface area (Å²) < 4.78 is 16.2. The van der Waals surface area contributed by atoms with Gasteiger partial charge in [0.1, 0.15) is 11.7 Å². The molecule has 0 unspecified atom stereocenters. The molecule has 3 aromatic rings. The number of nitrogens with one attached hydrogen (secondary N) is 2. The molecule has 2 N–H and O–H groups in total. The molecule has 0 aliphatic heterocycles. The minimum atomic E-state index is -0.665. The van der Waals surface area contributed by atoms with Gasteiger partial charge >= 0.3 is 0 Å². The Kier molecular flexibility index (Phi) is 6.62. The molecule has 152 valence electrons. The van der Waals surface area contributed by atoms with E-state index in [0.717, 1.165) is 5.56 Å². The number of amides is 1. The number of rotatable bonds is 9. The van der Waals surface area contributed by atoms with Crippen molar-refractivity contribution in [3.63, 3.8) is 0 Å². The third kappa shape index (κ3) is 4.81. The van der Waals surface area contributed by atoms with Crippen LogP contribution in [0.25, 0.3) is 0 Å². The second-order valence-corrected chi connectivity index (χ2v) is 6.13. The summed E-state index contributed by atoms with van der Waals surface area (Å²) in [7, 11) is 3.14. The summed E-state index contributed by atoms with van der Waals surface area (Å²) in [4.78, 5) is 13.1. The number of H-pyrrole nitrogens is 1. The van der Waals surface area contributed by atoms with E-state index in [0.29, 0.717) is 41.8 Å². The van der Waals surface area contributed by atoms with Crippen molar-refractivity contribution in [1.29, 1.82) is 0 Å². The molecule has 0 saturated carbocycles. The summed E-state index contributed by atoms with van der Waals surface area (Å²) in [5, 5.41) is 16.9. The normalized spacial score (nSPS) is 11.6. The van der Waals surface area contributed by atoms with Gasteiger partial charge in [0.15, 0.2) is 17.3 Å². The van der Waals surface area contributed by atoms with E-state index in [1.165, 1.54) is 0 Å². The lowest BCUT2D eigenvalue weighted by Crippen LogP contribution is -2.24. The number of benzene rings is 2. The Bertz CT molecular complexity index is 946. The number of aromatic nitrogens is 4. The van der Waals surface area contributed by atoms with Crippen LogP contribution in [0.15, 0.2) is 42.5 Å². The topological polar surface area (TPSA) is 111 Å². The minimum absolute atomic E-state index is 0.270. The molecule has 0 aliphatic carbocycles. The predicted molar refractivity (Wildman–Crippen MR) is 106 cm³/mol. The third-order valence-electron chi connectivity index (χ3n) is 4.32. The van der Waals surface area contributed by atoms with E-state index in [9.17, 15) is 4.79 Å². The zero-order valence-electron chi connectivity index (χ0n) is 16.5. The first-order chi connectivity index (χ1) is 14.2. The maximum Gasteiger partial charge on any atom is 0.235 e. The molecule has 0 bridgehead atoms. The molecule has 0 radical (unpaired) electrons. The van der Waals surface area contributed by atoms with Gasteiger partial charge in [-0.15, -0.1) is 10.2 Å². The number of ether oxygens (including phenoxy) is 3. The van der Waals surface area contributed by atoms with Gasteiger partial charge in [-0.2, -0.15) is 5.21 Å². The van der Waals surface area contributed by atoms with Crippen LogP contribution < -0.4 is 19.5 Å². The Labute approximate surface area is 168 Å². The van der Waals surface area contributed by atoms with Crippen molar-refractivity contribution in [2.75, 3.05) is 26.1 Å². The van der Waals surface area contributed by atoms with Crippen LogP contribution in [0.5, 0.6) is 17.2 Å². The standard InChI is InChI=1S/C20H23N5O4/c1-4-29-16-8-6-5-7-15(16)21-20(26)14(19-22-24-25-23-19)11-13-9-10-17(27-2)18(12-13)28-3/h5-10,12,14H,4,11H2,1-3H3,(H,21,26)(H,22,23,24,25)/t14-/m0/s1. The fraction of sp³-hybridized carbons (Fsp3) is 0.300. The number of carbonyl (C=O) groups is 1. The Hall–Kier alpha value is -3.62. The first-order valence-corrected chi connectivity index (χ1v) is 9.13. The van der Waals surface area contributed by atoms with Gasteiger partial charge in [0, 0.05) is 0 Å². The summed E-state index contributed by atoms with van der Waals surface area (Å²) in [6, 6.07) is 12.8. The Morgan fingerprint density at radius 1 is 1.10 bits per heavy atom. The number of hydrogen-bond acceptors (Lipinski definition) is 7. The van der Waals surface area contributed by atoms with Gasteiger partial charge in [-0.1, -0.05) is 23.4 Å². The first-order valence-electron chi connectivity index (χ1n) is 9.13. The number of methoxy groups -OCH3 is 2. The van der Waals surface area contributed by atoms with E-state index in [-0.39, 0.29) is 5.91 Å². The van der Waals surface area contributed by atoms with Crippen molar-refractivity contribution in [3.05, 3.63) is 53.9 Å². The van der Waals surface area contributed by atoms with Gasteiger partial charge in [-0.05, 0) is 43.2 Å². The molecule has 1 aromatic heterocycles. The fourth-order valence-electron chi connectivity index (χ4n) is 2.93. The molecule has 3 rings (SSSR count). The maximum atomic E-state index is 13.1. The molecule has 29 heavy (non-hydrogen) atoms. The van der Waals surface area contributed by atoms with Crippen molar-refractivity contribution >= 4 is 11.6 Å². The van der Waals surface area contributed by atoms with Crippen LogP contribution in [0.4, 0.5) is 5.69 Å². The van der Waals surface area contributed by atoms with Crippen molar-refractivity contribution in [1.82, 2.24) is 20.6 Å². The van der Waals surface area contributed by atoms with Gasteiger partial charge in [0.25, 0.3) is 0 Å². The smallest absolute Gasteiger partial charge is 0.235 e.